The average molecular weight is 752 g/mol. The standard InChI is InChI=1S/C56H37N3/c1-4-16-38(17-5-1)42-34-43(39-18-6-2-7-19-39)36-44(35-42)52-37-53(58-56(57-52)41-20-8-3-9-21-41)49-33-32-46(47-22-10-11-23-48(47)49)40-28-30-45(31-29-40)59-54-26-14-12-24-50(54)51-25-13-15-27-55(51)59/h1-37H. The van der Waals surface area contributed by atoms with E-state index in [0.29, 0.717) is 5.82 Å². The number of fused-ring (bicyclic) bond motifs is 4. The molecule has 0 aliphatic rings. The number of benzene rings is 9. The van der Waals surface area contributed by atoms with E-state index in [2.05, 4.69) is 211 Å². The first-order valence-corrected chi connectivity index (χ1v) is 20.1. The maximum atomic E-state index is 5.29. The molecule has 59 heavy (non-hydrogen) atoms. The van der Waals surface area contributed by atoms with Crippen molar-refractivity contribution in [3.63, 3.8) is 0 Å². The van der Waals surface area contributed by atoms with Gasteiger partial charge in [-0.1, -0.05) is 176 Å². The monoisotopic (exact) mass is 751 g/mol. The molecule has 0 atom stereocenters. The maximum Gasteiger partial charge on any atom is 0.160 e. The Balaban J connectivity index is 1.05. The first-order valence-electron chi connectivity index (χ1n) is 20.1. The summed E-state index contributed by atoms with van der Waals surface area (Å²) in [6, 6.07) is 79.9. The van der Waals surface area contributed by atoms with Crippen LogP contribution in [0.25, 0.3) is 106 Å². The molecule has 0 amide bonds. The van der Waals surface area contributed by atoms with E-state index in [1.807, 2.05) is 18.2 Å². The van der Waals surface area contributed by atoms with E-state index in [0.717, 1.165) is 67.0 Å². The second-order valence-electron chi connectivity index (χ2n) is 15.0. The van der Waals surface area contributed by atoms with Crippen molar-refractivity contribution >= 4 is 32.6 Å². The lowest BCUT2D eigenvalue weighted by Gasteiger charge is -2.15. The van der Waals surface area contributed by atoms with Crippen molar-refractivity contribution in [2.45, 2.75) is 0 Å². The molecule has 0 unspecified atom stereocenters. The van der Waals surface area contributed by atoms with Gasteiger partial charge < -0.3 is 4.57 Å². The number of para-hydroxylation sites is 2. The fourth-order valence-corrected chi connectivity index (χ4v) is 8.58. The van der Waals surface area contributed by atoms with Crippen LogP contribution in [0.4, 0.5) is 0 Å². The van der Waals surface area contributed by atoms with Crippen LogP contribution in [0.5, 0.6) is 0 Å². The van der Waals surface area contributed by atoms with Crippen molar-refractivity contribution in [2.24, 2.45) is 0 Å². The summed E-state index contributed by atoms with van der Waals surface area (Å²) in [5.41, 5.74) is 15.3. The molecule has 11 rings (SSSR count). The molecule has 0 saturated carbocycles. The molecule has 11 aromatic rings. The van der Waals surface area contributed by atoms with Crippen LogP contribution in [0.3, 0.4) is 0 Å². The number of nitrogens with zero attached hydrogens (tertiary/aromatic N) is 3. The van der Waals surface area contributed by atoms with Crippen LogP contribution in [0.15, 0.2) is 224 Å². The number of hydrogen-bond donors (Lipinski definition) is 0. The van der Waals surface area contributed by atoms with Crippen molar-refractivity contribution in [2.75, 3.05) is 0 Å². The zero-order chi connectivity index (χ0) is 39.1. The predicted molar refractivity (Wildman–Crippen MR) is 246 cm³/mol. The molecular formula is C56H37N3. The first-order chi connectivity index (χ1) is 29.2. The highest BCUT2D eigenvalue weighted by atomic mass is 15.0. The highest BCUT2D eigenvalue weighted by Crippen LogP contribution is 2.39. The van der Waals surface area contributed by atoms with Gasteiger partial charge in [0.15, 0.2) is 5.82 Å². The molecule has 0 radical (unpaired) electrons. The third kappa shape index (κ3) is 6.26. The third-order valence-electron chi connectivity index (χ3n) is 11.4. The molecule has 276 valence electrons. The van der Waals surface area contributed by atoms with Crippen molar-refractivity contribution in [3.8, 4) is 73.0 Å². The van der Waals surface area contributed by atoms with E-state index in [1.54, 1.807) is 0 Å². The summed E-state index contributed by atoms with van der Waals surface area (Å²) in [4.78, 5) is 10.6. The van der Waals surface area contributed by atoms with Gasteiger partial charge in [0, 0.05) is 33.2 Å². The molecule has 3 heteroatoms. The van der Waals surface area contributed by atoms with Gasteiger partial charge in [-0.05, 0) is 92.7 Å². The van der Waals surface area contributed by atoms with Crippen molar-refractivity contribution in [3.05, 3.63) is 224 Å². The lowest BCUT2D eigenvalue weighted by Crippen LogP contribution is -1.97. The fourth-order valence-electron chi connectivity index (χ4n) is 8.58. The highest BCUT2D eigenvalue weighted by molar-refractivity contribution is 6.09. The van der Waals surface area contributed by atoms with Crippen LogP contribution in [0.2, 0.25) is 0 Å². The highest BCUT2D eigenvalue weighted by Gasteiger charge is 2.17. The van der Waals surface area contributed by atoms with E-state index >= 15 is 0 Å². The molecule has 0 saturated heterocycles. The Morgan fingerprint density at radius 3 is 1.29 bits per heavy atom. The molecule has 2 heterocycles. The Hall–Kier alpha value is -7.88. The summed E-state index contributed by atoms with van der Waals surface area (Å²) < 4.78 is 2.37. The van der Waals surface area contributed by atoms with Gasteiger partial charge >= 0.3 is 0 Å². The van der Waals surface area contributed by atoms with E-state index in [1.165, 1.54) is 32.8 Å². The fraction of sp³-hybridized carbons (Fsp3) is 0. The van der Waals surface area contributed by atoms with Gasteiger partial charge in [-0.3, -0.25) is 0 Å². The minimum absolute atomic E-state index is 0.693. The molecule has 0 spiro atoms. The van der Waals surface area contributed by atoms with Gasteiger partial charge in [-0.15, -0.1) is 0 Å². The predicted octanol–water partition coefficient (Wildman–Crippen LogP) is 14.7. The maximum absolute atomic E-state index is 5.29. The summed E-state index contributed by atoms with van der Waals surface area (Å²) in [6.07, 6.45) is 0. The zero-order valence-corrected chi connectivity index (χ0v) is 32.2. The third-order valence-corrected chi connectivity index (χ3v) is 11.4. The summed E-state index contributed by atoms with van der Waals surface area (Å²) in [6.45, 7) is 0. The minimum Gasteiger partial charge on any atom is -0.309 e. The molecule has 0 fully saturated rings. The summed E-state index contributed by atoms with van der Waals surface area (Å²) in [5, 5.41) is 4.84. The second kappa shape index (κ2) is 14.6. The lowest BCUT2D eigenvalue weighted by atomic mass is 9.92. The quantitative estimate of drug-likeness (QED) is 0.162. The van der Waals surface area contributed by atoms with Crippen molar-refractivity contribution in [1.82, 2.24) is 14.5 Å². The van der Waals surface area contributed by atoms with Crippen LogP contribution in [0, 0.1) is 0 Å². The van der Waals surface area contributed by atoms with E-state index in [-0.39, 0.29) is 0 Å². The van der Waals surface area contributed by atoms with Gasteiger partial charge in [0.1, 0.15) is 0 Å². The largest absolute Gasteiger partial charge is 0.309 e. The lowest BCUT2D eigenvalue weighted by molar-refractivity contribution is 1.18. The van der Waals surface area contributed by atoms with Gasteiger partial charge in [0.25, 0.3) is 0 Å². The first kappa shape index (κ1) is 34.4. The van der Waals surface area contributed by atoms with Gasteiger partial charge in [0.05, 0.1) is 22.4 Å². The summed E-state index contributed by atoms with van der Waals surface area (Å²) in [5.74, 6) is 0.693. The van der Waals surface area contributed by atoms with E-state index in [9.17, 15) is 0 Å². The van der Waals surface area contributed by atoms with Crippen LogP contribution in [-0.4, -0.2) is 14.5 Å². The van der Waals surface area contributed by atoms with Crippen molar-refractivity contribution < 1.29 is 0 Å². The molecule has 0 N–H and O–H groups in total. The van der Waals surface area contributed by atoms with Gasteiger partial charge in [0.2, 0.25) is 0 Å². The van der Waals surface area contributed by atoms with Crippen LogP contribution in [-0.2, 0) is 0 Å². The van der Waals surface area contributed by atoms with Crippen LogP contribution >= 0.6 is 0 Å². The number of aromatic nitrogens is 3. The van der Waals surface area contributed by atoms with Crippen LogP contribution in [0.1, 0.15) is 0 Å². The summed E-state index contributed by atoms with van der Waals surface area (Å²) >= 11 is 0. The smallest absolute Gasteiger partial charge is 0.160 e. The molecule has 0 aliphatic heterocycles. The molecule has 9 aromatic carbocycles. The number of rotatable bonds is 7. The number of hydrogen-bond acceptors (Lipinski definition) is 2. The van der Waals surface area contributed by atoms with Gasteiger partial charge in [-0.25, -0.2) is 9.97 Å². The van der Waals surface area contributed by atoms with E-state index in [4.69, 9.17) is 9.97 Å². The Morgan fingerprint density at radius 2 is 0.712 bits per heavy atom. The molecule has 0 aliphatic carbocycles. The van der Waals surface area contributed by atoms with Gasteiger partial charge in [-0.2, -0.15) is 0 Å². The molecular weight excluding hydrogens is 715 g/mol. The Kier molecular flexibility index (Phi) is 8.49. The normalized spacial score (nSPS) is 11.4. The zero-order valence-electron chi connectivity index (χ0n) is 32.2. The minimum atomic E-state index is 0.693. The Bertz CT molecular complexity index is 3180. The van der Waals surface area contributed by atoms with Crippen LogP contribution < -0.4 is 0 Å². The Labute approximate surface area is 343 Å². The molecule has 0 bridgehead atoms. The molecule has 3 nitrogen and oxygen atoms in total. The van der Waals surface area contributed by atoms with E-state index < -0.39 is 0 Å². The van der Waals surface area contributed by atoms with Crippen molar-refractivity contribution in [1.29, 1.82) is 0 Å². The SMILES string of the molecule is c1ccc(-c2cc(-c3ccccc3)cc(-c3cc(-c4ccc(-c5ccc(-n6c7ccccc7c7ccccc76)cc5)c5ccccc45)nc(-c4ccccc4)n3)c2)cc1. The second-order valence-corrected chi connectivity index (χ2v) is 15.0. The molecule has 2 aromatic heterocycles. The average Bonchev–Trinajstić information content (AvgIpc) is 3.66. The Morgan fingerprint density at radius 1 is 0.271 bits per heavy atom. The topological polar surface area (TPSA) is 30.7 Å². The summed E-state index contributed by atoms with van der Waals surface area (Å²) in [7, 11) is 0.